The average molecular weight is 298 g/mol. The van der Waals surface area contributed by atoms with Gasteiger partial charge in [-0.1, -0.05) is 15.9 Å². The maximum Gasteiger partial charge on any atom is 0.267 e. The Morgan fingerprint density at radius 3 is 2.94 bits per heavy atom. The highest BCUT2D eigenvalue weighted by Crippen LogP contribution is 2.23. The molecule has 0 radical (unpaired) electrons. The number of thiazole rings is 1. The van der Waals surface area contributed by atoms with Crippen LogP contribution in [0.25, 0.3) is 0 Å². The number of nitrogen functional groups attached to an aromatic ring is 1. The van der Waals surface area contributed by atoms with Crippen LogP contribution in [0.5, 0.6) is 0 Å². The van der Waals surface area contributed by atoms with Gasteiger partial charge in [-0.15, -0.1) is 11.3 Å². The Hall–Kier alpha value is -1.40. The minimum Gasteiger partial charge on any atom is -0.397 e. The molecule has 0 saturated heterocycles. The second-order valence-electron chi connectivity index (χ2n) is 3.05. The van der Waals surface area contributed by atoms with Crippen LogP contribution in [0.4, 0.5) is 11.4 Å². The first-order valence-corrected chi connectivity index (χ1v) is 6.09. The minimum atomic E-state index is -0.198. The second-order valence-corrected chi connectivity index (χ2v) is 4.85. The molecule has 2 rings (SSSR count). The molecule has 3 N–H and O–H groups in total. The standard InChI is InChI=1S/C10H8BrN3OS/c11-6-1-2-8(7(12)3-6)14-10(15)9-4-13-5-16-9/h1-5H,12H2,(H,14,15). The van der Waals surface area contributed by atoms with E-state index < -0.39 is 0 Å². The van der Waals surface area contributed by atoms with Gasteiger partial charge in [0.25, 0.3) is 5.91 Å². The Morgan fingerprint density at radius 1 is 1.50 bits per heavy atom. The first-order chi connectivity index (χ1) is 7.66. The summed E-state index contributed by atoms with van der Waals surface area (Å²) in [6.07, 6.45) is 1.52. The molecule has 0 aliphatic heterocycles. The van der Waals surface area contributed by atoms with Crippen molar-refractivity contribution in [2.45, 2.75) is 0 Å². The highest BCUT2D eigenvalue weighted by molar-refractivity contribution is 9.10. The van der Waals surface area contributed by atoms with E-state index in [9.17, 15) is 4.79 Å². The Morgan fingerprint density at radius 2 is 2.31 bits per heavy atom. The van der Waals surface area contributed by atoms with E-state index in [4.69, 9.17) is 5.73 Å². The maximum atomic E-state index is 11.7. The largest absolute Gasteiger partial charge is 0.397 e. The van der Waals surface area contributed by atoms with E-state index in [0.717, 1.165) is 4.47 Å². The van der Waals surface area contributed by atoms with Gasteiger partial charge in [0, 0.05) is 4.47 Å². The number of hydrogen-bond acceptors (Lipinski definition) is 4. The van der Waals surface area contributed by atoms with E-state index >= 15 is 0 Å². The van der Waals surface area contributed by atoms with Crippen molar-refractivity contribution >= 4 is 44.5 Å². The molecule has 1 heterocycles. The van der Waals surface area contributed by atoms with Gasteiger partial charge < -0.3 is 11.1 Å². The number of aromatic nitrogens is 1. The number of rotatable bonds is 2. The predicted octanol–water partition coefficient (Wildman–Crippen LogP) is 2.74. The summed E-state index contributed by atoms with van der Waals surface area (Å²) in [5, 5.41) is 2.73. The summed E-state index contributed by atoms with van der Waals surface area (Å²) in [7, 11) is 0. The summed E-state index contributed by atoms with van der Waals surface area (Å²) in [5.74, 6) is -0.198. The molecule has 82 valence electrons. The van der Waals surface area contributed by atoms with Crippen molar-refractivity contribution in [1.29, 1.82) is 0 Å². The third kappa shape index (κ3) is 2.40. The fourth-order valence-electron chi connectivity index (χ4n) is 1.16. The van der Waals surface area contributed by atoms with Gasteiger partial charge in [0.05, 0.1) is 23.1 Å². The first kappa shape index (κ1) is 11.1. The van der Waals surface area contributed by atoms with E-state index in [1.54, 1.807) is 17.6 Å². The molecule has 0 fully saturated rings. The van der Waals surface area contributed by atoms with E-state index in [-0.39, 0.29) is 5.91 Å². The van der Waals surface area contributed by atoms with Gasteiger partial charge >= 0.3 is 0 Å². The van der Waals surface area contributed by atoms with E-state index in [1.165, 1.54) is 17.5 Å². The van der Waals surface area contributed by atoms with Crippen LogP contribution in [0.15, 0.2) is 34.4 Å². The van der Waals surface area contributed by atoms with Crippen molar-refractivity contribution < 1.29 is 4.79 Å². The number of anilines is 2. The number of amides is 1. The summed E-state index contributed by atoms with van der Waals surface area (Å²) in [5.41, 5.74) is 8.50. The van der Waals surface area contributed by atoms with Gasteiger partial charge in [0.2, 0.25) is 0 Å². The molecule has 0 atom stereocenters. The molecule has 1 aromatic heterocycles. The van der Waals surface area contributed by atoms with Crippen LogP contribution >= 0.6 is 27.3 Å². The van der Waals surface area contributed by atoms with Crippen LogP contribution in [0.1, 0.15) is 9.67 Å². The summed E-state index contributed by atoms with van der Waals surface area (Å²) in [4.78, 5) is 16.1. The second kappa shape index (κ2) is 4.63. The molecule has 4 nitrogen and oxygen atoms in total. The minimum absolute atomic E-state index is 0.198. The van der Waals surface area contributed by atoms with Crippen molar-refractivity contribution in [1.82, 2.24) is 4.98 Å². The van der Waals surface area contributed by atoms with Gasteiger partial charge in [0.15, 0.2) is 0 Å². The van der Waals surface area contributed by atoms with Crippen molar-refractivity contribution in [2.75, 3.05) is 11.1 Å². The molecule has 1 aromatic carbocycles. The van der Waals surface area contributed by atoms with Crippen LogP contribution in [0, 0.1) is 0 Å². The predicted molar refractivity (Wildman–Crippen MR) is 68.6 cm³/mol. The third-order valence-electron chi connectivity index (χ3n) is 1.92. The lowest BCUT2D eigenvalue weighted by Gasteiger charge is -2.06. The molecule has 0 saturated carbocycles. The monoisotopic (exact) mass is 297 g/mol. The fraction of sp³-hybridized carbons (Fsp3) is 0. The Bertz CT molecular complexity index is 513. The molecular formula is C10H8BrN3OS. The Labute approximate surface area is 105 Å². The Kier molecular flexibility index (Phi) is 3.21. The molecule has 0 aliphatic carbocycles. The van der Waals surface area contributed by atoms with Gasteiger partial charge in [-0.3, -0.25) is 9.78 Å². The number of nitrogens with zero attached hydrogens (tertiary/aromatic N) is 1. The molecule has 0 bridgehead atoms. The molecule has 0 aliphatic rings. The molecular weight excluding hydrogens is 290 g/mol. The number of nitrogens with two attached hydrogens (primary N) is 1. The van der Waals surface area contributed by atoms with E-state index in [0.29, 0.717) is 16.3 Å². The third-order valence-corrected chi connectivity index (χ3v) is 3.18. The quantitative estimate of drug-likeness (QED) is 0.838. The van der Waals surface area contributed by atoms with Crippen LogP contribution in [-0.4, -0.2) is 10.9 Å². The lowest BCUT2D eigenvalue weighted by molar-refractivity contribution is 0.103. The number of carbonyl (C=O) groups excluding carboxylic acids is 1. The lowest BCUT2D eigenvalue weighted by atomic mass is 10.2. The van der Waals surface area contributed by atoms with Crippen LogP contribution in [0.2, 0.25) is 0 Å². The molecule has 6 heteroatoms. The fourth-order valence-corrected chi connectivity index (χ4v) is 2.05. The zero-order chi connectivity index (χ0) is 11.5. The van der Waals surface area contributed by atoms with Gasteiger partial charge in [-0.2, -0.15) is 0 Å². The molecule has 16 heavy (non-hydrogen) atoms. The highest BCUT2D eigenvalue weighted by atomic mass is 79.9. The zero-order valence-corrected chi connectivity index (χ0v) is 10.5. The molecule has 0 unspecified atom stereocenters. The molecule has 0 spiro atoms. The number of benzene rings is 1. The topological polar surface area (TPSA) is 68.0 Å². The van der Waals surface area contributed by atoms with E-state index in [1.807, 2.05) is 6.07 Å². The van der Waals surface area contributed by atoms with Crippen molar-refractivity contribution in [3.05, 3.63) is 39.3 Å². The molecule has 1 amide bonds. The summed E-state index contributed by atoms with van der Waals surface area (Å²) >= 11 is 4.59. The lowest BCUT2D eigenvalue weighted by Crippen LogP contribution is -2.11. The van der Waals surface area contributed by atoms with Crippen molar-refractivity contribution in [3.63, 3.8) is 0 Å². The van der Waals surface area contributed by atoms with Gasteiger partial charge in [-0.25, -0.2) is 0 Å². The SMILES string of the molecule is Nc1cc(Br)ccc1NC(=O)c1cncs1. The smallest absolute Gasteiger partial charge is 0.267 e. The number of halogens is 1. The van der Waals surface area contributed by atoms with Crippen molar-refractivity contribution in [3.8, 4) is 0 Å². The van der Waals surface area contributed by atoms with Crippen molar-refractivity contribution in [2.24, 2.45) is 0 Å². The van der Waals surface area contributed by atoms with Gasteiger partial charge in [0.1, 0.15) is 4.88 Å². The summed E-state index contributed by atoms with van der Waals surface area (Å²) in [6.45, 7) is 0. The summed E-state index contributed by atoms with van der Waals surface area (Å²) in [6, 6.07) is 5.30. The summed E-state index contributed by atoms with van der Waals surface area (Å²) < 4.78 is 0.876. The van der Waals surface area contributed by atoms with E-state index in [2.05, 4.69) is 26.2 Å². The average Bonchev–Trinajstić information content (AvgIpc) is 2.75. The van der Waals surface area contributed by atoms with Crippen LogP contribution in [0.3, 0.4) is 0 Å². The van der Waals surface area contributed by atoms with Gasteiger partial charge in [-0.05, 0) is 18.2 Å². The zero-order valence-electron chi connectivity index (χ0n) is 8.11. The molecule has 2 aromatic rings. The first-order valence-electron chi connectivity index (χ1n) is 4.41. The maximum absolute atomic E-state index is 11.7. The van der Waals surface area contributed by atoms with Crippen LogP contribution < -0.4 is 11.1 Å². The Balaban J connectivity index is 2.18. The normalized spacial score (nSPS) is 10.1. The number of hydrogen-bond donors (Lipinski definition) is 2. The number of nitrogens with one attached hydrogen (secondary N) is 1. The number of carbonyl (C=O) groups is 1. The highest BCUT2D eigenvalue weighted by Gasteiger charge is 2.09. The van der Waals surface area contributed by atoms with Crippen LogP contribution in [-0.2, 0) is 0 Å².